The van der Waals surface area contributed by atoms with Gasteiger partial charge in [-0.15, -0.1) is 0 Å². The second kappa shape index (κ2) is 4.89. The van der Waals surface area contributed by atoms with E-state index in [1.165, 1.54) is 0 Å². The van der Waals surface area contributed by atoms with Crippen LogP contribution >= 0.6 is 0 Å². The van der Waals surface area contributed by atoms with E-state index in [0.29, 0.717) is 17.5 Å². The van der Waals surface area contributed by atoms with Crippen molar-refractivity contribution in [2.24, 2.45) is 0 Å². The van der Waals surface area contributed by atoms with Gasteiger partial charge in [0.2, 0.25) is 0 Å². The topological polar surface area (TPSA) is 69.3 Å². The van der Waals surface area contributed by atoms with Crippen LogP contribution in [0.15, 0.2) is 12.3 Å². The zero-order valence-corrected chi connectivity index (χ0v) is 11.3. The molecule has 2 fully saturated rings. The van der Waals surface area contributed by atoms with Gasteiger partial charge in [0, 0.05) is 12.7 Å². The second-order valence-corrected chi connectivity index (χ2v) is 5.54. The lowest BCUT2D eigenvalue weighted by Gasteiger charge is -2.20. The number of hydrogen-bond acceptors (Lipinski definition) is 3. The van der Waals surface area contributed by atoms with Crippen LogP contribution in [0.5, 0.6) is 0 Å². The van der Waals surface area contributed by atoms with E-state index in [1.54, 1.807) is 6.07 Å². The van der Waals surface area contributed by atoms with Crippen LogP contribution in [-0.2, 0) is 11.3 Å². The van der Waals surface area contributed by atoms with Crippen LogP contribution in [-0.4, -0.2) is 28.7 Å². The highest BCUT2D eigenvalue weighted by molar-refractivity contribution is 5.94. The summed E-state index contributed by atoms with van der Waals surface area (Å²) in [4.78, 5) is 12.3. The van der Waals surface area contributed by atoms with Gasteiger partial charge < -0.3 is 20.4 Å². The fraction of sp³-hybridized carbons (Fsp3) is 0.643. The van der Waals surface area contributed by atoms with Crippen molar-refractivity contribution in [3.63, 3.8) is 0 Å². The number of fused-ring (bicyclic) bond motifs is 2. The van der Waals surface area contributed by atoms with Crippen molar-refractivity contribution in [2.75, 3.05) is 5.73 Å². The molecule has 2 aliphatic heterocycles. The van der Waals surface area contributed by atoms with E-state index in [2.05, 4.69) is 12.2 Å². The molecule has 3 heterocycles. The molecular weight excluding hydrogens is 242 g/mol. The van der Waals surface area contributed by atoms with Crippen molar-refractivity contribution in [2.45, 2.75) is 57.4 Å². The number of amides is 1. The third kappa shape index (κ3) is 2.34. The minimum absolute atomic E-state index is 0.0358. The Hall–Kier alpha value is -1.49. The number of carbonyl (C=O) groups excluding carboxylic acids is 1. The van der Waals surface area contributed by atoms with E-state index < -0.39 is 0 Å². The minimum Gasteiger partial charge on any atom is -0.397 e. The van der Waals surface area contributed by atoms with Gasteiger partial charge in [0.1, 0.15) is 5.69 Å². The van der Waals surface area contributed by atoms with E-state index in [0.717, 1.165) is 32.2 Å². The summed E-state index contributed by atoms with van der Waals surface area (Å²) in [7, 11) is 0. The van der Waals surface area contributed by atoms with Gasteiger partial charge in [-0.05, 0) is 31.7 Å². The Bertz CT molecular complexity index is 483. The number of hydrogen-bond donors (Lipinski definition) is 2. The quantitative estimate of drug-likeness (QED) is 0.865. The Balaban J connectivity index is 1.70. The lowest BCUT2D eigenvalue weighted by Crippen LogP contribution is -2.42. The van der Waals surface area contributed by atoms with Crippen LogP contribution in [0.1, 0.15) is 43.1 Å². The number of rotatable bonds is 4. The van der Waals surface area contributed by atoms with Crippen LogP contribution in [0.3, 0.4) is 0 Å². The largest absolute Gasteiger partial charge is 0.397 e. The van der Waals surface area contributed by atoms with Gasteiger partial charge in [0.25, 0.3) is 5.91 Å². The first-order valence-electron chi connectivity index (χ1n) is 7.09. The van der Waals surface area contributed by atoms with E-state index >= 15 is 0 Å². The molecule has 1 amide bonds. The number of anilines is 1. The summed E-state index contributed by atoms with van der Waals surface area (Å²) in [5.41, 5.74) is 7.09. The highest BCUT2D eigenvalue weighted by atomic mass is 16.5. The average molecular weight is 263 g/mol. The molecule has 3 N–H and O–H groups in total. The summed E-state index contributed by atoms with van der Waals surface area (Å²) in [6, 6.07) is 1.91. The molecule has 5 nitrogen and oxygen atoms in total. The Morgan fingerprint density at radius 1 is 1.58 bits per heavy atom. The van der Waals surface area contributed by atoms with Crippen molar-refractivity contribution in [3.8, 4) is 0 Å². The molecule has 104 valence electrons. The Morgan fingerprint density at radius 3 is 3.05 bits per heavy atom. The Labute approximate surface area is 113 Å². The summed E-state index contributed by atoms with van der Waals surface area (Å²) in [6.07, 6.45) is 6.51. The maximum absolute atomic E-state index is 12.3. The predicted octanol–water partition coefficient (Wildman–Crippen LogP) is 1.53. The van der Waals surface area contributed by atoms with Crippen molar-refractivity contribution < 1.29 is 9.53 Å². The SMILES string of the molecule is CCCn1cc(N)cc1C(=O)NC1CC2CCC1O2. The standard InChI is InChI=1S/C14H21N3O2/c1-2-5-17-8-9(15)6-12(17)14(18)16-11-7-10-3-4-13(11)19-10/h6,8,10-11,13H,2-5,7,15H2,1H3,(H,16,18). The molecule has 19 heavy (non-hydrogen) atoms. The molecule has 3 atom stereocenters. The highest BCUT2D eigenvalue weighted by Crippen LogP contribution is 2.34. The van der Waals surface area contributed by atoms with Crippen LogP contribution in [0.25, 0.3) is 0 Å². The molecule has 1 aromatic rings. The van der Waals surface area contributed by atoms with Gasteiger partial charge in [-0.25, -0.2) is 0 Å². The fourth-order valence-electron chi connectivity index (χ4n) is 3.18. The molecule has 0 aliphatic carbocycles. The summed E-state index contributed by atoms with van der Waals surface area (Å²) in [5.74, 6) is -0.0358. The molecule has 3 unspecified atom stereocenters. The Kier molecular flexibility index (Phi) is 3.22. The molecule has 5 heteroatoms. The Morgan fingerprint density at radius 2 is 2.42 bits per heavy atom. The van der Waals surface area contributed by atoms with E-state index in [9.17, 15) is 4.79 Å². The first kappa shape index (κ1) is 12.5. The summed E-state index contributed by atoms with van der Waals surface area (Å²) >= 11 is 0. The molecule has 1 aromatic heterocycles. The third-order valence-electron chi connectivity index (χ3n) is 4.04. The summed E-state index contributed by atoms with van der Waals surface area (Å²) < 4.78 is 7.69. The molecule has 0 spiro atoms. The maximum atomic E-state index is 12.3. The van der Waals surface area contributed by atoms with Gasteiger partial charge in [-0.2, -0.15) is 0 Å². The fourth-order valence-corrected chi connectivity index (χ4v) is 3.18. The second-order valence-electron chi connectivity index (χ2n) is 5.54. The molecule has 0 aromatic carbocycles. The number of aryl methyl sites for hydroxylation is 1. The van der Waals surface area contributed by atoms with Crippen LogP contribution in [0.2, 0.25) is 0 Å². The number of nitrogens with zero attached hydrogens (tertiary/aromatic N) is 1. The van der Waals surface area contributed by atoms with Gasteiger partial charge in [0.15, 0.2) is 0 Å². The van der Waals surface area contributed by atoms with Crippen molar-refractivity contribution >= 4 is 11.6 Å². The lowest BCUT2D eigenvalue weighted by molar-refractivity contribution is 0.0834. The summed E-state index contributed by atoms with van der Waals surface area (Å²) in [6.45, 7) is 2.90. The lowest BCUT2D eigenvalue weighted by atomic mass is 9.95. The molecule has 2 saturated heterocycles. The predicted molar refractivity (Wildman–Crippen MR) is 72.9 cm³/mol. The first-order valence-corrected chi connectivity index (χ1v) is 7.09. The number of nitrogen functional groups attached to an aromatic ring is 1. The molecule has 2 aliphatic rings. The number of aromatic nitrogens is 1. The van der Waals surface area contributed by atoms with E-state index in [-0.39, 0.29) is 18.1 Å². The van der Waals surface area contributed by atoms with Gasteiger partial charge >= 0.3 is 0 Å². The van der Waals surface area contributed by atoms with Crippen LogP contribution in [0, 0.1) is 0 Å². The molecule has 2 bridgehead atoms. The zero-order valence-electron chi connectivity index (χ0n) is 11.3. The van der Waals surface area contributed by atoms with Crippen LogP contribution in [0.4, 0.5) is 5.69 Å². The number of nitrogens with one attached hydrogen (secondary N) is 1. The number of nitrogens with two attached hydrogens (primary N) is 1. The number of ether oxygens (including phenoxy) is 1. The molecule has 3 rings (SSSR count). The zero-order chi connectivity index (χ0) is 13.4. The third-order valence-corrected chi connectivity index (χ3v) is 4.04. The first-order chi connectivity index (χ1) is 9.17. The maximum Gasteiger partial charge on any atom is 0.268 e. The normalized spacial score (nSPS) is 28.8. The monoisotopic (exact) mass is 263 g/mol. The van der Waals surface area contributed by atoms with Gasteiger partial charge in [0.05, 0.1) is 23.9 Å². The highest BCUT2D eigenvalue weighted by Gasteiger charge is 2.41. The van der Waals surface area contributed by atoms with Gasteiger partial charge in [-0.1, -0.05) is 6.92 Å². The van der Waals surface area contributed by atoms with Gasteiger partial charge in [-0.3, -0.25) is 4.79 Å². The van der Waals surface area contributed by atoms with Crippen molar-refractivity contribution in [1.29, 1.82) is 0 Å². The van der Waals surface area contributed by atoms with E-state index in [4.69, 9.17) is 10.5 Å². The van der Waals surface area contributed by atoms with E-state index in [1.807, 2.05) is 10.8 Å². The molecule has 0 radical (unpaired) electrons. The van der Waals surface area contributed by atoms with Crippen molar-refractivity contribution in [3.05, 3.63) is 18.0 Å². The van der Waals surface area contributed by atoms with Crippen LogP contribution < -0.4 is 11.1 Å². The number of carbonyl (C=O) groups is 1. The van der Waals surface area contributed by atoms with Crippen molar-refractivity contribution in [1.82, 2.24) is 9.88 Å². The summed E-state index contributed by atoms with van der Waals surface area (Å²) in [5, 5.41) is 3.10. The molecule has 0 saturated carbocycles. The minimum atomic E-state index is -0.0358. The molecular formula is C14H21N3O2. The smallest absolute Gasteiger partial charge is 0.268 e. The average Bonchev–Trinajstić information content (AvgIpc) is 3.05.